The van der Waals surface area contributed by atoms with Gasteiger partial charge in [0.05, 0.1) is 17.0 Å². The average molecular weight is 443 g/mol. The quantitative estimate of drug-likeness (QED) is 0.538. The number of fused-ring (bicyclic) bond motifs is 1. The van der Waals surface area contributed by atoms with Gasteiger partial charge in [-0.1, -0.05) is 12.1 Å². The van der Waals surface area contributed by atoms with E-state index in [9.17, 15) is 13.2 Å². The van der Waals surface area contributed by atoms with Gasteiger partial charge in [-0.3, -0.25) is 0 Å². The van der Waals surface area contributed by atoms with E-state index in [1.54, 1.807) is 17.4 Å². The van der Waals surface area contributed by atoms with E-state index in [0.29, 0.717) is 5.69 Å². The van der Waals surface area contributed by atoms with Crippen LogP contribution < -0.4 is 21.5 Å². The second kappa shape index (κ2) is 7.56. The third kappa shape index (κ3) is 3.60. The molecule has 0 amide bonds. The topological polar surface area (TPSA) is 8.81 Å². The molecular formula is C19H18BrF3N2S. The van der Waals surface area contributed by atoms with Crippen molar-refractivity contribution >= 4 is 11.3 Å². The third-order valence-electron chi connectivity index (χ3n) is 4.64. The highest BCUT2D eigenvalue weighted by molar-refractivity contribution is 7.13. The Morgan fingerprint density at radius 3 is 2.62 bits per heavy atom. The molecule has 0 spiro atoms. The molecule has 2 aromatic heterocycles. The Morgan fingerprint density at radius 2 is 1.88 bits per heavy atom. The van der Waals surface area contributed by atoms with Crippen molar-refractivity contribution in [2.45, 2.75) is 38.4 Å². The van der Waals surface area contributed by atoms with Crippen LogP contribution >= 0.6 is 11.3 Å². The molecule has 0 N–H and O–H groups in total. The molecule has 0 bridgehead atoms. The number of benzene rings is 1. The van der Waals surface area contributed by atoms with Crippen molar-refractivity contribution in [3.05, 3.63) is 59.4 Å². The molecule has 0 saturated carbocycles. The van der Waals surface area contributed by atoms with E-state index in [-0.39, 0.29) is 17.0 Å². The van der Waals surface area contributed by atoms with Gasteiger partial charge in [0.1, 0.15) is 11.9 Å². The summed E-state index contributed by atoms with van der Waals surface area (Å²) in [5.74, 6) is 1.08. The maximum atomic E-state index is 13.1. The minimum absolute atomic E-state index is 0. The van der Waals surface area contributed by atoms with Crippen molar-refractivity contribution in [2.75, 3.05) is 0 Å². The van der Waals surface area contributed by atoms with Crippen LogP contribution in [0.5, 0.6) is 0 Å². The van der Waals surface area contributed by atoms with Crippen LogP contribution in [-0.2, 0) is 19.1 Å². The van der Waals surface area contributed by atoms with E-state index in [1.165, 1.54) is 12.1 Å². The summed E-state index contributed by atoms with van der Waals surface area (Å²) in [6.45, 7) is 0.911. The summed E-state index contributed by atoms with van der Waals surface area (Å²) in [5.41, 5.74) is 1.05. The lowest BCUT2D eigenvalue weighted by atomic mass is 10.2. The van der Waals surface area contributed by atoms with Gasteiger partial charge in [0, 0.05) is 6.42 Å². The molecule has 7 heteroatoms. The predicted molar refractivity (Wildman–Crippen MR) is 91.8 cm³/mol. The summed E-state index contributed by atoms with van der Waals surface area (Å²) in [6.07, 6.45) is 1.84. The van der Waals surface area contributed by atoms with Gasteiger partial charge in [0.25, 0.3) is 5.82 Å². The van der Waals surface area contributed by atoms with Crippen LogP contribution in [0.3, 0.4) is 0 Å². The summed E-state index contributed by atoms with van der Waals surface area (Å²) in [5, 5.41) is 2.03. The Labute approximate surface area is 164 Å². The van der Waals surface area contributed by atoms with Gasteiger partial charge >= 0.3 is 6.18 Å². The molecule has 0 atom stereocenters. The minimum atomic E-state index is -4.33. The van der Waals surface area contributed by atoms with Gasteiger partial charge in [-0.15, -0.1) is 11.3 Å². The molecule has 4 rings (SSSR count). The molecule has 1 aromatic carbocycles. The fourth-order valence-electron chi connectivity index (χ4n) is 3.45. The summed E-state index contributed by atoms with van der Waals surface area (Å²) < 4.78 is 43.5. The molecule has 26 heavy (non-hydrogen) atoms. The maximum absolute atomic E-state index is 13.1. The molecule has 138 valence electrons. The summed E-state index contributed by atoms with van der Waals surface area (Å²) in [7, 11) is 0. The first-order chi connectivity index (χ1) is 12.0. The smallest absolute Gasteiger partial charge is 0.416 e. The van der Waals surface area contributed by atoms with Gasteiger partial charge in [0.2, 0.25) is 0 Å². The lowest BCUT2D eigenvalue weighted by Gasteiger charge is -2.08. The highest BCUT2D eigenvalue weighted by Gasteiger charge is 2.32. The Morgan fingerprint density at radius 1 is 1.04 bits per heavy atom. The van der Waals surface area contributed by atoms with Crippen LogP contribution in [0.25, 0.3) is 16.3 Å². The van der Waals surface area contributed by atoms with Crippen LogP contribution in [-0.4, -0.2) is 4.57 Å². The van der Waals surface area contributed by atoms with Crippen LogP contribution in [0.2, 0.25) is 0 Å². The van der Waals surface area contributed by atoms with Crippen molar-refractivity contribution in [3.8, 4) is 16.3 Å². The lowest BCUT2D eigenvalue weighted by molar-refractivity contribution is -0.691. The molecule has 0 radical (unpaired) electrons. The Hall–Kier alpha value is -1.60. The second-order valence-electron chi connectivity index (χ2n) is 6.29. The Kier molecular flexibility index (Phi) is 5.58. The molecule has 0 aliphatic carbocycles. The average Bonchev–Trinajstić information content (AvgIpc) is 3.16. The summed E-state index contributed by atoms with van der Waals surface area (Å²) in [6, 6.07) is 9.67. The maximum Gasteiger partial charge on any atom is 0.416 e. The van der Waals surface area contributed by atoms with E-state index in [1.807, 2.05) is 22.2 Å². The SMILES string of the molecule is FC(F)(F)c1cccc(-n2cc(-c3cccs3)[n+]3c2CCCCC3)c1.[Br-]. The molecule has 0 saturated heterocycles. The highest BCUT2D eigenvalue weighted by Crippen LogP contribution is 2.32. The van der Waals surface area contributed by atoms with E-state index in [0.717, 1.165) is 54.7 Å². The fraction of sp³-hybridized carbons (Fsp3) is 0.316. The van der Waals surface area contributed by atoms with Crippen LogP contribution in [0.4, 0.5) is 13.2 Å². The number of hydrogen-bond donors (Lipinski definition) is 0. The molecule has 3 heterocycles. The van der Waals surface area contributed by atoms with E-state index in [2.05, 4.69) is 10.6 Å². The van der Waals surface area contributed by atoms with Gasteiger partial charge in [-0.05, 0) is 48.9 Å². The number of thiophene rings is 1. The number of aromatic nitrogens is 2. The van der Waals surface area contributed by atoms with Crippen LogP contribution in [0.1, 0.15) is 30.7 Å². The second-order valence-corrected chi connectivity index (χ2v) is 7.24. The largest absolute Gasteiger partial charge is 1.00 e. The number of nitrogens with zero attached hydrogens (tertiary/aromatic N) is 2. The number of hydrogen-bond acceptors (Lipinski definition) is 1. The predicted octanol–water partition coefficient (Wildman–Crippen LogP) is 2.24. The van der Waals surface area contributed by atoms with Crippen LogP contribution in [0.15, 0.2) is 48.0 Å². The molecular weight excluding hydrogens is 425 g/mol. The van der Waals surface area contributed by atoms with Crippen molar-refractivity contribution in [1.82, 2.24) is 4.57 Å². The number of alkyl halides is 3. The van der Waals surface area contributed by atoms with Gasteiger partial charge in [-0.2, -0.15) is 17.7 Å². The standard InChI is InChI=1S/C19H18F3N2S.BrH/c20-19(21,22)14-6-4-7-15(12-14)24-13-16(17-8-5-11-25-17)23-10-3-1-2-9-18(23)24;/h4-8,11-13H,1-3,9-10H2;1H/q+1;/p-1. The molecule has 0 unspecified atom stereocenters. The first kappa shape index (κ1) is 19.2. The monoisotopic (exact) mass is 442 g/mol. The highest BCUT2D eigenvalue weighted by atomic mass is 79.9. The first-order valence-corrected chi connectivity index (χ1v) is 9.27. The summed E-state index contributed by atoms with van der Waals surface area (Å²) >= 11 is 1.66. The summed E-state index contributed by atoms with van der Waals surface area (Å²) in [4.78, 5) is 1.15. The zero-order valence-corrected chi connectivity index (χ0v) is 16.4. The van der Waals surface area contributed by atoms with Crippen LogP contribution in [0, 0.1) is 0 Å². The van der Waals surface area contributed by atoms with E-state index in [4.69, 9.17) is 0 Å². The van der Waals surface area contributed by atoms with E-state index < -0.39 is 11.7 Å². The van der Waals surface area contributed by atoms with E-state index >= 15 is 0 Å². The van der Waals surface area contributed by atoms with Gasteiger partial charge in [-0.25, -0.2) is 4.57 Å². The Bertz CT molecular complexity index is 885. The number of halogens is 4. The lowest BCUT2D eigenvalue weighted by Crippen LogP contribution is -3.00. The zero-order chi connectivity index (χ0) is 17.4. The van der Waals surface area contributed by atoms with Gasteiger partial charge in [0.15, 0.2) is 5.69 Å². The molecule has 1 aliphatic heterocycles. The number of imidazole rings is 1. The zero-order valence-electron chi connectivity index (χ0n) is 14.0. The van der Waals surface area contributed by atoms with Crippen molar-refractivity contribution in [3.63, 3.8) is 0 Å². The van der Waals surface area contributed by atoms with Crippen molar-refractivity contribution in [2.24, 2.45) is 0 Å². The van der Waals surface area contributed by atoms with Gasteiger partial charge < -0.3 is 17.0 Å². The molecule has 0 fully saturated rings. The minimum Gasteiger partial charge on any atom is -1.00 e. The molecule has 1 aliphatic rings. The number of rotatable bonds is 2. The third-order valence-corrected chi connectivity index (χ3v) is 5.53. The molecule has 3 aromatic rings. The fourth-order valence-corrected chi connectivity index (χ4v) is 4.19. The van der Waals surface area contributed by atoms with Crippen molar-refractivity contribution < 1.29 is 34.7 Å². The first-order valence-electron chi connectivity index (χ1n) is 8.39. The Balaban J connectivity index is 0.00000196. The normalized spacial score (nSPS) is 14.4. The van der Waals surface area contributed by atoms with Crippen molar-refractivity contribution in [1.29, 1.82) is 0 Å². The molecule has 2 nitrogen and oxygen atoms in total.